The average molecular weight is 931 g/mol. The molecule has 4 amide bonds. The molecule has 1 unspecified atom stereocenters. The van der Waals surface area contributed by atoms with Crippen LogP contribution in [-0.4, -0.2) is 130 Å². The molecule has 16 heteroatoms. The molecule has 362 valence electrons. The molecule has 9 rings (SSSR count). The number of aromatic hydroxyl groups is 1. The Bertz CT molecular complexity index is 2660. The van der Waals surface area contributed by atoms with Gasteiger partial charge in [0.1, 0.15) is 23.9 Å². The Kier molecular flexibility index (Phi) is 12.7. The summed E-state index contributed by atoms with van der Waals surface area (Å²) in [6.45, 7) is 14.5. The number of rotatable bonds is 10. The van der Waals surface area contributed by atoms with Gasteiger partial charge in [0, 0.05) is 81.4 Å². The molecule has 0 radical (unpaired) electrons. The van der Waals surface area contributed by atoms with E-state index in [0.717, 1.165) is 44.5 Å². The summed E-state index contributed by atoms with van der Waals surface area (Å²) >= 11 is 0. The number of piperidine rings is 1. The Labute approximate surface area is 398 Å². The number of hydrazine groups is 1. The zero-order valence-electron chi connectivity index (χ0n) is 40.6. The van der Waals surface area contributed by atoms with Crippen molar-refractivity contribution in [3.05, 3.63) is 71.5 Å². The molecule has 3 saturated heterocycles. The molecule has 68 heavy (non-hydrogen) atoms. The summed E-state index contributed by atoms with van der Waals surface area (Å²) in [4.78, 5) is 78.8. The van der Waals surface area contributed by atoms with Crippen LogP contribution in [0.3, 0.4) is 0 Å². The van der Waals surface area contributed by atoms with Gasteiger partial charge in [-0.3, -0.25) is 34.0 Å². The highest BCUT2D eigenvalue weighted by atomic mass is 16.5. The third-order valence-corrected chi connectivity index (χ3v) is 14.9. The number of phenols is 1. The zero-order chi connectivity index (χ0) is 48.4. The standard InChI is InChI=1S/C52H66N8O8/c1-9-59-42-15-14-32-22-37(42)38(45(59)36-12-10-16-53-43(36)30(4)67-8)24-51(5,6)28-68-49(65)39-13-11-17-60(56-39)48(64)40(20-31-18-33(32)21-35(61)19-31)55-46(62)44(29(2)3)57(7)50(66)52-23-34(52)26-58(27-52)47(63)41-25-54-41/h10,12,14-16,18-19,21-22,29-30,34,39-41,44,54,56,61H,9,11,13,17,20,23-28H2,1-8H3,(H,55,62)/t30-,34?,39-,40-,41+,44-,52+/m0/s1. The smallest absolute Gasteiger partial charge is 0.324 e. The largest absolute Gasteiger partial charge is 0.508 e. The van der Waals surface area contributed by atoms with Gasteiger partial charge in [-0.05, 0) is 110 Å². The molecule has 4 aromatic rings. The molecular formula is C52H66N8O8. The molecule has 7 atom stereocenters. The summed E-state index contributed by atoms with van der Waals surface area (Å²) < 4.78 is 14.2. The predicted molar refractivity (Wildman–Crippen MR) is 256 cm³/mol. The average Bonchev–Trinajstić information content (AvgIpc) is 4.24. The number of phenolic OH excluding ortho intramolecular Hbond substituents is 1. The van der Waals surface area contributed by atoms with Crippen LogP contribution in [0.15, 0.2) is 54.7 Å². The number of carbonyl (C=O) groups is 5. The lowest BCUT2D eigenvalue weighted by molar-refractivity contribution is -0.155. The normalized spacial score (nSPS) is 25.3. The van der Waals surface area contributed by atoms with E-state index in [4.69, 9.17) is 14.5 Å². The predicted octanol–water partition coefficient (Wildman–Crippen LogP) is 4.75. The van der Waals surface area contributed by atoms with E-state index in [9.17, 15) is 29.1 Å². The fourth-order valence-corrected chi connectivity index (χ4v) is 11.2. The number of esters is 1. The van der Waals surface area contributed by atoms with Crippen LogP contribution in [0, 0.1) is 22.7 Å². The van der Waals surface area contributed by atoms with Crippen molar-refractivity contribution >= 4 is 40.5 Å². The van der Waals surface area contributed by atoms with Crippen molar-refractivity contribution in [3.8, 4) is 28.1 Å². The van der Waals surface area contributed by atoms with E-state index in [1.54, 1.807) is 37.4 Å². The first-order valence-corrected chi connectivity index (χ1v) is 24.2. The van der Waals surface area contributed by atoms with E-state index >= 15 is 0 Å². The number of likely N-dealkylation sites (N-methyl/N-ethyl adjacent to an activating group) is 1. The number of aryl methyl sites for hydroxylation is 1. The third kappa shape index (κ3) is 8.86. The highest BCUT2D eigenvalue weighted by Gasteiger charge is 2.67. The monoisotopic (exact) mass is 931 g/mol. The number of pyridine rings is 1. The van der Waals surface area contributed by atoms with Crippen LogP contribution in [0.4, 0.5) is 0 Å². The quantitative estimate of drug-likeness (QED) is 0.127. The van der Waals surface area contributed by atoms with Gasteiger partial charge in [0.15, 0.2) is 0 Å². The molecule has 1 saturated carbocycles. The fourth-order valence-electron chi connectivity index (χ4n) is 11.2. The molecule has 0 spiro atoms. The van der Waals surface area contributed by atoms with Crippen LogP contribution in [0.2, 0.25) is 0 Å². The molecule has 4 aliphatic heterocycles. The number of carbonyl (C=O) groups excluding carboxylic acids is 5. The molecule has 5 aliphatic rings. The van der Waals surface area contributed by atoms with Crippen molar-refractivity contribution in [2.75, 3.05) is 46.9 Å². The van der Waals surface area contributed by atoms with Gasteiger partial charge in [0.25, 0.3) is 5.91 Å². The van der Waals surface area contributed by atoms with Crippen LogP contribution in [-0.2, 0) is 52.8 Å². The van der Waals surface area contributed by atoms with E-state index in [1.807, 2.05) is 39.0 Å². The number of nitrogens with one attached hydrogen (secondary N) is 3. The third-order valence-electron chi connectivity index (χ3n) is 14.9. The first-order chi connectivity index (χ1) is 32.4. The Morgan fingerprint density at radius 2 is 1.87 bits per heavy atom. The van der Waals surface area contributed by atoms with E-state index in [2.05, 4.69) is 59.6 Å². The first-order valence-electron chi connectivity index (χ1n) is 24.2. The van der Waals surface area contributed by atoms with Crippen LogP contribution in [0.25, 0.3) is 33.3 Å². The molecule has 2 aromatic heterocycles. The number of benzene rings is 2. The van der Waals surface area contributed by atoms with Gasteiger partial charge < -0.3 is 39.6 Å². The maximum atomic E-state index is 14.8. The highest BCUT2D eigenvalue weighted by Crippen LogP contribution is 2.59. The second-order valence-corrected chi connectivity index (χ2v) is 20.9. The lowest BCUT2D eigenvalue weighted by Crippen LogP contribution is -2.62. The maximum absolute atomic E-state index is 14.8. The van der Waals surface area contributed by atoms with Gasteiger partial charge >= 0.3 is 5.97 Å². The Hall–Kier alpha value is -5.84. The van der Waals surface area contributed by atoms with Gasteiger partial charge in [0.2, 0.25) is 17.7 Å². The number of hydrogen-bond acceptors (Lipinski definition) is 11. The van der Waals surface area contributed by atoms with Crippen LogP contribution >= 0.6 is 0 Å². The molecule has 1 aliphatic carbocycles. The minimum atomic E-state index is -1.15. The number of methoxy groups -OCH3 is 1. The van der Waals surface area contributed by atoms with E-state index in [0.29, 0.717) is 57.4 Å². The van der Waals surface area contributed by atoms with Gasteiger partial charge in [-0.1, -0.05) is 39.8 Å². The van der Waals surface area contributed by atoms with E-state index in [1.165, 1.54) is 9.91 Å². The molecule has 4 N–H and O–H groups in total. The van der Waals surface area contributed by atoms with Crippen molar-refractivity contribution in [2.24, 2.45) is 22.7 Å². The number of aromatic nitrogens is 2. The van der Waals surface area contributed by atoms with E-state index in [-0.39, 0.29) is 61.1 Å². The van der Waals surface area contributed by atoms with Crippen molar-refractivity contribution in [1.82, 2.24) is 40.4 Å². The minimum Gasteiger partial charge on any atom is -0.508 e. The zero-order valence-corrected chi connectivity index (χ0v) is 40.6. The number of cyclic esters (lactones) is 1. The summed E-state index contributed by atoms with van der Waals surface area (Å²) in [5.41, 5.74) is 8.87. The molecule has 6 heterocycles. The summed E-state index contributed by atoms with van der Waals surface area (Å²) in [7, 11) is 3.31. The molecule has 16 nitrogen and oxygen atoms in total. The van der Waals surface area contributed by atoms with Gasteiger partial charge in [-0.25, -0.2) is 5.43 Å². The topological polar surface area (TPSA) is 198 Å². The van der Waals surface area contributed by atoms with Gasteiger partial charge in [0.05, 0.1) is 35.6 Å². The molecule has 4 fully saturated rings. The molecule has 6 bridgehead atoms. The Morgan fingerprint density at radius 1 is 1.09 bits per heavy atom. The van der Waals surface area contributed by atoms with Crippen LogP contribution in [0.5, 0.6) is 5.75 Å². The van der Waals surface area contributed by atoms with Crippen LogP contribution in [0.1, 0.15) is 83.7 Å². The van der Waals surface area contributed by atoms with E-state index < -0.39 is 46.7 Å². The van der Waals surface area contributed by atoms with Crippen LogP contribution < -0.4 is 16.1 Å². The second-order valence-electron chi connectivity index (χ2n) is 20.9. The molecular weight excluding hydrogens is 865 g/mol. The number of amides is 4. The summed E-state index contributed by atoms with van der Waals surface area (Å²) in [5, 5.41) is 19.9. The molecule has 2 aromatic carbocycles. The van der Waals surface area contributed by atoms with Crippen molar-refractivity contribution < 1.29 is 38.6 Å². The number of hydrogen-bond donors (Lipinski definition) is 4. The highest BCUT2D eigenvalue weighted by molar-refractivity contribution is 5.97. The number of nitrogens with zero attached hydrogens (tertiary/aromatic N) is 5. The Morgan fingerprint density at radius 3 is 2.59 bits per heavy atom. The Balaban J connectivity index is 1.09. The maximum Gasteiger partial charge on any atom is 0.324 e. The van der Waals surface area contributed by atoms with Crippen molar-refractivity contribution in [2.45, 2.75) is 110 Å². The summed E-state index contributed by atoms with van der Waals surface area (Å²) in [6.07, 6.45) is 3.65. The fraction of sp³-hybridized carbons (Fsp3) is 0.538. The van der Waals surface area contributed by atoms with Crippen molar-refractivity contribution in [3.63, 3.8) is 0 Å². The summed E-state index contributed by atoms with van der Waals surface area (Å²) in [6, 6.07) is 12.4. The first kappa shape index (κ1) is 47.2. The second kappa shape index (κ2) is 18.2. The number of ether oxygens (including phenoxy) is 2. The number of fused-ring (bicyclic) bond motifs is 7. The minimum absolute atomic E-state index is 0.000457. The van der Waals surface area contributed by atoms with Gasteiger partial charge in [-0.15, -0.1) is 0 Å². The van der Waals surface area contributed by atoms with Gasteiger partial charge in [-0.2, -0.15) is 0 Å². The van der Waals surface area contributed by atoms with Crippen molar-refractivity contribution in [1.29, 1.82) is 0 Å². The SMILES string of the molecule is CCn1c(-c2cccnc2[C@H](C)OC)c2c3cc(ccc31)-c1cc(O)cc(c1)C[C@H](NC(=O)[C@H](C(C)C)N(C)C(=O)[C@@]13CC1CN(C(=O)[C@H]1CN1)C3)C(=O)N1CCC[C@H](N1)C(=O)OCC(C)(C)C2. The summed E-state index contributed by atoms with van der Waals surface area (Å²) in [5.74, 6) is -1.91. The number of likely N-dealkylation sites (tertiary alicyclic amines) is 1. The lowest BCUT2D eigenvalue weighted by atomic mass is 9.84. The lowest BCUT2D eigenvalue weighted by Gasteiger charge is -2.37.